The van der Waals surface area contributed by atoms with Gasteiger partial charge < -0.3 is 5.73 Å². The van der Waals surface area contributed by atoms with Crippen molar-refractivity contribution in [2.75, 3.05) is 0 Å². The SMILES string of the molecule is C[C@@H]1[C@@H]2CCC(N)CC12C. The Morgan fingerprint density at radius 1 is 1.40 bits per heavy atom. The van der Waals surface area contributed by atoms with Crippen LogP contribution in [0.15, 0.2) is 0 Å². The highest BCUT2D eigenvalue weighted by Crippen LogP contribution is 2.65. The van der Waals surface area contributed by atoms with Crippen LogP contribution < -0.4 is 5.73 Å². The van der Waals surface area contributed by atoms with Gasteiger partial charge in [-0.25, -0.2) is 0 Å². The van der Waals surface area contributed by atoms with E-state index < -0.39 is 0 Å². The van der Waals surface area contributed by atoms with E-state index >= 15 is 0 Å². The van der Waals surface area contributed by atoms with Crippen LogP contribution in [0.4, 0.5) is 0 Å². The number of hydrogen-bond donors (Lipinski definition) is 1. The lowest BCUT2D eigenvalue weighted by atomic mass is 9.87. The van der Waals surface area contributed by atoms with Crippen molar-refractivity contribution in [3.05, 3.63) is 0 Å². The van der Waals surface area contributed by atoms with Crippen LogP contribution in [0.1, 0.15) is 33.1 Å². The Bertz CT molecular complexity index is 155. The van der Waals surface area contributed by atoms with Crippen molar-refractivity contribution in [3.8, 4) is 0 Å². The van der Waals surface area contributed by atoms with E-state index in [4.69, 9.17) is 5.73 Å². The van der Waals surface area contributed by atoms with Gasteiger partial charge >= 0.3 is 0 Å². The molecule has 2 aliphatic carbocycles. The molecule has 2 rings (SSSR count). The van der Waals surface area contributed by atoms with Gasteiger partial charge in [-0.2, -0.15) is 0 Å². The molecule has 2 aliphatic rings. The van der Waals surface area contributed by atoms with Gasteiger partial charge in [0.2, 0.25) is 0 Å². The summed E-state index contributed by atoms with van der Waals surface area (Å²) in [6.07, 6.45) is 3.93. The average molecular weight is 139 g/mol. The normalized spacial score (nSPS) is 59.7. The first-order valence-corrected chi connectivity index (χ1v) is 4.40. The molecule has 0 aliphatic heterocycles. The van der Waals surface area contributed by atoms with Crippen molar-refractivity contribution in [2.24, 2.45) is 23.0 Å². The fourth-order valence-corrected chi connectivity index (χ4v) is 2.89. The Balaban J connectivity index is 2.08. The Kier molecular flexibility index (Phi) is 1.17. The van der Waals surface area contributed by atoms with E-state index in [2.05, 4.69) is 13.8 Å². The molecule has 58 valence electrons. The van der Waals surface area contributed by atoms with Gasteiger partial charge in [-0.15, -0.1) is 0 Å². The maximum atomic E-state index is 5.90. The van der Waals surface area contributed by atoms with E-state index in [0.29, 0.717) is 11.5 Å². The van der Waals surface area contributed by atoms with E-state index in [0.717, 1.165) is 11.8 Å². The van der Waals surface area contributed by atoms with Crippen LogP contribution in [0.5, 0.6) is 0 Å². The standard InChI is InChI=1S/C9H17N/c1-6-8-4-3-7(10)5-9(6,8)2/h6-8H,3-5,10H2,1-2H3/t6-,7?,8+,9?/m1/s1. The molecule has 0 aromatic heterocycles. The summed E-state index contributed by atoms with van der Waals surface area (Å²) in [7, 11) is 0. The number of nitrogens with two attached hydrogens (primary N) is 1. The molecule has 2 unspecified atom stereocenters. The van der Waals surface area contributed by atoms with Crippen molar-refractivity contribution in [1.82, 2.24) is 0 Å². The number of rotatable bonds is 0. The minimum atomic E-state index is 0.506. The van der Waals surface area contributed by atoms with Crippen molar-refractivity contribution >= 4 is 0 Å². The Labute approximate surface area is 63.0 Å². The van der Waals surface area contributed by atoms with Crippen LogP contribution in [0.2, 0.25) is 0 Å². The quantitative estimate of drug-likeness (QED) is 0.544. The van der Waals surface area contributed by atoms with Crippen LogP contribution in [-0.2, 0) is 0 Å². The van der Waals surface area contributed by atoms with E-state index in [9.17, 15) is 0 Å². The van der Waals surface area contributed by atoms with Gasteiger partial charge in [0.1, 0.15) is 0 Å². The Morgan fingerprint density at radius 2 is 2.10 bits per heavy atom. The molecule has 2 fully saturated rings. The van der Waals surface area contributed by atoms with E-state index in [1.54, 1.807) is 0 Å². The molecule has 0 amide bonds. The largest absolute Gasteiger partial charge is 0.328 e. The third-order valence-corrected chi connectivity index (χ3v) is 3.93. The summed E-state index contributed by atoms with van der Waals surface area (Å²) in [6.45, 7) is 4.78. The molecule has 0 bridgehead atoms. The number of hydrogen-bond acceptors (Lipinski definition) is 1. The first kappa shape index (κ1) is 6.66. The van der Waals surface area contributed by atoms with Crippen molar-refractivity contribution in [1.29, 1.82) is 0 Å². The average Bonchev–Trinajstić information content (AvgIpc) is 2.35. The summed E-state index contributed by atoms with van der Waals surface area (Å²) >= 11 is 0. The van der Waals surface area contributed by atoms with Crippen LogP contribution in [-0.4, -0.2) is 6.04 Å². The Morgan fingerprint density at radius 3 is 2.60 bits per heavy atom. The van der Waals surface area contributed by atoms with Crippen LogP contribution in [0.25, 0.3) is 0 Å². The first-order valence-electron chi connectivity index (χ1n) is 4.40. The van der Waals surface area contributed by atoms with Gasteiger partial charge in [0.25, 0.3) is 0 Å². The molecule has 0 aromatic rings. The predicted octanol–water partition coefficient (Wildman–Crippen LogP) is 1.77. The molecule has 1 nitrogen and oxygen atoms in total. The molecule has 4 atom stereocenters. The summed E-state index contributed by atoms with van der Waals surface area (Å²) < 4.78 is 0. The first-order chi connectivity index (χ1) is 4.64. The maximum Gasteiger partial charge on any atom is 0.00443 e. The zero-order chi connectivity index (χ0) is 7.35. The van der Waals surface area contributed by atoms with E-state index in [1.165, 1.54) is 19.3 Å². The second-order valence-corrected chi connectivity index (χ2v) is 4.44. The lowest BCUT2D eigenvalue weighted by Gasteiger charge is -2.22. The summed E-state index contributed by atoms with van der Waals surface area (Å²) in [5.74, 6) is 1.98. The second kappa shape index (κ2) is 1.76. The highest BCUT2D eigenvalue weighted by Gasteiger charge is 2.59. The molecule has 2 saturated carbocycles. The highest BCUT2D eigenvalue weighted by molar-refractivity contribution is 5.09. The van der Waals surface area contributed by atoms with Gasteiger partial charge in [-0.05, 0) is 36.5 Å². The minimum Gasteiger partial charge on any atom is -0.328 e. The third kappa shape index (κ3) is 0.672. The summed E-state index contributed by atoms with van der Waals surface area (Å²) in [5.41, 5.74) is 6.55. The van der Waals surface area contributed by atoms with Crippen molar-refractivity contribution in [3.63, 3.8) is 0 Å². The molecule has 0 radical (unpaired) electrons. The number of fused-ring (bicyclic) bond motifs is 1. The van der Waals surface area contributed by atoms with Gasteiger partial charge in [0.15, 0.2) is 0 Å². The molecular formula is C9H17N. The predicted molar refractivity (Wildman–Crippen MR) is 42.6 cm³/mol. The second-order valence-electron chi connectivity index (χ2n) is 4.44. The Hall–Kier alpha value is -0.0400. The highest BCUT2D eigenvalue weighted by atomic mass is 14.7. The molecule has 1 heteroatoms. The van der Waals surface area contributed by atoms with Gasteiger partial charge in [0, 0.05) is 6.04 Å². The van der Waals surface area contributed by atoms with Crippen molar-refractivity contribution < 1.29 is 0 Å². The zero-order valence-electron chi connectivity index (χ0n) is 6.93. The molecule has 10 heavy (non-hydrogen) atoms. The lowest BCUT2D eigenvalue weighted by Crippen LogP contribution is -2.27. The fraction of sp³-hybridized carbons (Fsp3) is 1.00. The molecule has 0 heterocycles. The third-order valence-electron chi connectivity index (χ3n) is 3.93. The molecule has 0 aromatic carbocycles. The minimum absolute atomic E-state index is 0.506. The van der Waals surface area contributed by atoms with Crippen LogP contribution in [0, 0.1) is 17.3 Å². The fourth-order valence-electron chi connectivity index (χ4n) is 2.89. The smallest absolute Gasteiger partial charge is 0.00443 e. The molecular weight excluding hydrogens is 122 g/mol. The summed E-state index contributed by atoms with van der Waals surface area (Å²) in [6, 6.07) is 0.506. The van der Waals surface area contributed by atoms with E-state index in [-0.39, 0.29) is 0 Å². The van der Waals surface area contributed by atoms with Gasteiger partial charge in [-0.3, -0.25) is 0 Å². The van der Waals surface area contributed by atoms with Gasteiger partial charge in [-0.1, -0.05) is 13.8 Å². The topological polar surface area (TPSA) is 26.0 Å². The monoisotopic (exact) mass is 139 g/mol. The zero-order valence-corrected chi connectivity index (χ0v) is 6.93. The van der Waals surface area contributed by atoms with Crippen molar-refractivity contribution in [2.45, 2.75) is 39.2 Å². The van der Waals surface area contributed by atoms with Crippen LogP contribution in [0.3, 0.4) is 0 Å². The lowest BCUT2D eigenvalue weighted by molar-refractivity contribution is 0.323. The molecule has 2 N–H and O–H groups in total. The molecule has 0 saturated heterocycles. The van der Waals surface area contributed by atoms with E-state index in [1.807, 2.05) is 0 Å². The maximum absolute atomic E-state index is 5.90. The molecule has 0 spiro atoms. The summed E-state index contributed by atoms with van der Waals surface area (Å²) in [5, 5.41) is 0. The summed E-state index contributed by atoms with van der Waals surface area (Å²) in [4.78, 5) is 0. The van der Waals surface area contributed by atoms with Crippen LogP contribution >= 0.6 is 0 Å². The van der Waals surface area contributed by atoms with Gasteiger partial charge in [0.05, 0.1) is 0 Å².